The molecule has 0 heterocycles. The van der Waals surface area contributed by atoms with Gasteiger partial charge in [0.1, 0.15) is 0 Å². The maximum absolute atomic E-state index is 4.26. The van der Waals surface area contributed by atoms with Crippen LogP contribution in [0.1, 0.15) is 31.4 Å². The zero-order valence-electron chi connectivity index (χ0n) is 9.46. The van der Waals surface area contributed by atoms with Crippen LogP contribution in [0.4, 0.5) is 0 Å². The van der Waals surface area contributed by atoms with Gasteiger partial charge in [0.2, 0.25) is 0 Å². The second kappa shape index (κ2) is 5.82. The van der Waals surface area contributed by atoms with Gasteiger partial charge in [0.15, 0.2) is 0 Å². The van der Waals surface area contributed by atoms with Crippen molar-refractivity contribution in [3.63, 3.8) is 0 Å². The van der Waals surface area contributed by atoms with Gasteiger partial charge < -0.3 is 0 Å². The third-order valence-corrected chi connectivity index (χ3v) is 2.61. The van der Waals surface area contributed by atoms with Crippen molar-refractivity contribution in [2.75, 3.05) is 0 Å². The quantitative estimate of drug-likeness (QED) is 0.707. The number of thiol groups is 1. The van der Waals surface area contributed by atoms with Crippen LogP contribution in [0, 0.1) is 0 Å². The van der Waals surface area contributed by atoms with Crippen molar-refractivity contribution >= 4 is 18.2 Å². The summed E-state index contributed by atoms with van der Waals surface area (Å²) in [6.07, 6.45) is 4.05. The Morgan fingerprint density at radius 1 is 1.47 bits per heavy atom. The number of benzene rings is 1. The third-order valence-electron chi connectivity index (χ3n) is 2.45. The average molecular weight is 218 g/mol. The van der Waals surface area contributed by atoms with Crippen molar-refractivity contribution in [2.45, 2.75) is 26.7 Å². The standard InChI is InChI=1S/C14H18S/c1-4-12-7-6-8-14(10-12)13(5-2)9-11(3)15/h5-8,10,15H,3-4,9H2,1-2H3/b13-5+. The SMILES string of the molecule is C=C(S)C/C(=C\C)c1cccc(CC)c1. The van der Waals surface area contributed by atoms with Crippen molar-refractivity contribution in [2.24, 2.45) is 0 Å². The summed E-state index contributed by atoms with van der Waals surface area (Å²) >= 11 is 4.26. The van der Waals surface area contributed by atoms with Crippen LogP contribution in [0.2, 0.25) is 0 Å². The summed E-state index contributed by atoms with van der Waals surface area (Å²) in [4.78, 5) is 0.907. The molecule has 0 aliphatic carbocycles. The summed E-state index contributed by atoms with van der Waals surface area (Å²) in [6, 6.07) is 8.66. The molecule has 0 nitrogen and oxygen atoms in total. The predicted octanol–water partition coefficient (Wildman–Crippen LogP) is 4.49. The van der Waals surface area contributed by atoms with Crippen LogP contribution in [-0.2, 0) is 6.42 Å². The van der Waals surface area contributed by atoms with E-state index in [2.05, 4.69) is 63.4 Å². The van der Waals surface area contributed by atoms with Crippen molar-refractivity contribution in [3.8, 4) is 0 Å². The number of allylic oxidation sites excluding steroid dienone is 3. The fourth-order valence-corrected chi connectivity index (χ4v) is 1.75. The van der Waals surface area contributed by atoms with Gasteiger partial charge in [-0.25, -0.2) is 0 Å². The lowest BCUT2D eigenvalue weighted by molar-refractivity contribution is 1.13. The maximum atomic E-state index is 4.26. The maximum Gasteiger partial charge on any atom is 0.00285 e. The van der Waals surface area contributed by atoms with Crippen LogP contribution in [0.5, 0.6) is 0 Å². The van der Waals surface area contributed by atoms with E-state index in [0.29, 0.717) is 0 Å². The summed E-state index contributed by atoms with van der Waals surface area (Å²) in [5, 5.41) is 0. The smallest absolute Gasteiger partial charge is 0.00285 e. The Labute approximate surface area is 98.1 Å². The fraction of sp³-hybridized carbons (Fsp3) is 0.286. The van der Waals surface area contributed by atoms with Crippen molar-refractivity contribution in [1.82, 2.24) is 0 Å². The minimum atomic E-state index is 0.840. The minimum absolute atomic E-state index is 0.840. The van der Waals surface area contributed by atoms with E-state index in [1.807, 2.05) is 0 Å². The van der Waals surface area contributed by atoms with E-state index in [0.717, 1.165) is 17.7 Å². The first-order valence-corrected chi connectivity index (χ1v) is 5.73. The largest absolute Gasteiger partial charge is 0.148 e. The molecule has 0 atom stereocenters. The van der Waals surface area contributed by atoms with Crippen LogP contribution >= 0.6 is 12.6 Å². The van der Waals surface area contributed by atoms with Gasteiger partial charge in [0.05, 0.1) is 0 Å². The molecule has 0 radical (unpaired) electrons. The van der Waals surface area contributed by atoms with Gasteiger partial charge in [-0.1, -0.05) is 43.8 Å². The molecule has 0 N–H and O–H groups in total. The van der Waals surface area contributed by atoms with Crippen molar-refractivity contribution in [3.05, 3.63) is 53.0 Å². The van der Waals surface area contributed by atoms with Crippen LogP contribution in [0.15, 0.2) is 41.8 Å². The third kappa shape index (κ3) is 3.60. The Bertz CT molecular complexity index is 375. The Balaban J connectivity index is 2.97. The molecule has 1 aromatic rings. The topological polar surface area (TPSA) is 0 Å². The van der Waals surface area contributed by atoms with E-state index in [9.17, 15) is 0 Å². The Kier molecular flexibility index (Phi) is 4.70. The van der Waals surface area contributed by atoms with Crippen molar-refractivity contribution < 1.29 is 0 Å². The molecule has 0 bridgehead atoms. The van der Waals surface area contributed by atoms with E-state index in [1.165, 1.54) is 16.7 Å². The first-order valence-electron chi connectivity index (χ1n) is 5.28. The molecule has 0 amide bonds. The molecule has 0 fully saturated rings. The molecule has 1 aromatic carbocycles. The van der Waals surface area contributed by atoms with Gasteiger partial charge in [0.25, 0.3) is 0 Å². The van der Waals surface area contributed by atoms with Gasteiger partial charge >= 0.3 is 0 Å². The molecular formula is C14H18S. The summed E-state index contributed by atoms with van der Waals surface area (Å²) in [6.45, 7) is 8.07. The molecule has 1 rings (SSSR count). The van der Waals surface area contributed by atoms with Crippen LogP contribution < -0.4 is 0 Å². The molecule has 1 heteroatoms. The summed E-state index contributed by atoms with van der Waals surface area (Å²) in [5.41, 5.74) is 3.95. The second-order valence-electron chi connectivity index (χ2n) is 3.61. The molecule has 15 heavy (non-hydrogen) atoms. The second-order valence-corrected chi connectivity index (χ2v) is 4.24. The van der Waals surface area contributed by atoms with E-state index in [1.54, 1.807) is 0 Å². The number of hydrogen-bond acceptors (Lipinski definition) is 1. The molecule has 0 unspecified atom stereocenters. The monoisotopic (exact) mass is 218 g/mol. The molecule has 0 aliphatic rings. The summed E-state index contributed by atoms with van der Waals surface area (Å²) < 4.78 is 0. The van der Waals surface area contributed by atoms with Gasteiger partial charge in [-0.05, 0) is 34.9 Å². The highest BCUT2D eigenvalue weighted by Gasteiger charge is 2.01. The van der Waals surface area contributed by atoms with E-state index in [-0.39, 0.29) is 0 Å². The van der Waals surface area contributed by atoms with Gasteiger partial charge in [-0.2, -0.15) is 0 Å². The summed E-state index contributed by atoms with van der Waals surface area (Å²) in [7, 11) is 0. The number of aryl methyl sites for hydroxylation is 1. The lowest BCUT2D eigenvalue weighted by atomic mass is 9.99. The normalized spacial score (nSPS) is 11.5. The molecule has 0 aromatic heterocycles. The highest BCUT2D eigenvalue weighted by Crippen LogP contribution is 2.23. The van der Waals surface area contributed by atoms with E-state index >= 15 is 0 Å². The van der Waals surface area contributed by atoms with Crippen molar-refractivity contribution in [1.29, 1.82) is 0 Å². The first-order chi connectivity index (χ1) is 7.17. The average Bonchev–Trinajstić information content (AvgIpc) is 2.25. The van der Waals surface area contributed by atoms with Crippen LogP contribution in [0.25, 0.3) is 5.57 Å². The summed E-state index contributed by atoms with van der Waals surface area (Å²) in [5.74, 6) is 0. The van der Waals surface area contributed by atoms with Crippen LogP contribution in [0.3, 0.4) is 0 Å². The fourth-order valence-electron chi connectivity index (χ4n) is 1.58. The molecule has 0 saturated carbocycles. The molecule has 0 saturated heterocycles. The van der Waals surface area contributed by atoms with E-state index in [4.69, 9.17) is 0 Å². The van der Waals surface area contributed by atoms with Gasteiger partial charge in [-0.3, -0.25) is 0 Å². The van der Waals surface area contributed by atoms with E-state index < -0.39 is 0 Å². The molecule has 0 aliphatic heterocycles. The lowest BCUT2D eigenvalue weighted by Gasteiger charge is -2.08. The number of hydrogen-bond donors (Lipinski definition) is 1. The number of rotatable bonds is 4. The Morgan fingerprint density at radius 3 is 2.73 bits per heavy atom. The lowest BCUT2D eigenvalue weighted by Crippen LogP contribution is -1.87. The highest BCUT2D eigenvalue weighted by atomic mass is 32.1. The Hall–Kier alpha value is -0.950. The molecular weight excluding hydrogens is 200 g/mol. The van der Waals surface area contributed by atoms with Gasteiger partial charge in [0, 0.05) is 6.42 Å². The first kappa shape index (κ1) is 12.1. The molecule has 0 spiro atoms. The molecule has 80 valence electrons. The van der Waals surface area contributed by atoms with Gasteiger partial charge in [-0.15, -0.1) is 12.6 Å². The zero-order valence-corrected chi connectivity index (χ0v) is 10.3. The zero-order chi connectivity index (χ0) is 11.3. The highest BCUT2D eigenvalue weighted by molar-refractivity contribution is 7.84. The Morgan fingerprint density at radius 2 is 2.20 bits per heavy atom. The minimum Gasteiger partial charge on any atom is -0.148 e. The van der Waals surface area contributed by atoms with Crippen LogP contribution in [-0.4, -0.2) is 0 Å². The predicted molar refractivity (Wildman–Crippen MR) is 72.2 cm³/mol.